The molecule has 0 spiro atoms. The first-order chi connectivity index (χ1) is 12.9. The average Bonchev–Trinajstić information content (AvgIpc) is 2.75. The number of aromatic nitrogens is 1. The maximum atomic E-state index is 4.21. The second-order valence-corrected chi connectivity index (χ2v) is 9.81. The van der Waals surface area contributed by atoms with Gasteiger partial charge in [0, 0.05) is 12.4 Å². The summed E-state index contributed by atoms with van der Waals surface area (Å²) in [5.74, 6) is 0. The Morgan fingerprint density at radius 1 is 0.536 bits per heavy atom. The largest absolute Gasteiger partial charge is 1.00 e. The van der Waals surface area contributed by atoms with Gasteiger partial charge in [-0.1, -0.05) is 54.6 Å². The molecule has 1 heterocycles. The van der Waals surface area contributed by atoms with Crippen molar-refractivity contribution in [3.8, 4) is 0 Å². The lowest BCUT2D eigenvalue weighted by molar-refractivity contribution is -0.00000527. The van der Waals surface area contributed by atoms with Gasteiger partial charge in [0.15, 0.2) is 0 Å². The maximum absolute atomic E-state index is 4.21. The van der Waals surface area contributed by atoms with Crippen molar-refractivity contribution in [3.05, 3.63) is 121 Å². The highest BCUT2D eigenvalue weighted by Gasteiger charge is 2.45. The van der Waals surface area contributed by atoms with E-state index in [0.717, 1.165) is 6.16 Å². The SMILES string of the molecule is Cl.[I-].c1ccc([P+](Cc2ccncc2)(c2ccccc2)c2ccccc2)cc1. The summed E-state index contributed by atoms with van der Waals surface area (Å²) in [5, 5.41) is 4.23. The summed E-state index contributed by atoms with van der Waals surface area (Å²) < 4.78 is 0. The molecule has 0 fully saturated rings. The number of halogens is 2. The summed E-state index contributed by atoms with van der Waals surface area (Å²) in [6.07, 6.45) is 4.78. The Morgan fingerprint density at radius 2 is 0.893 bits per heavy atom. The molecule has 0 atom stereocenters. The molecule has 4 heteroatoms. The smallest absolute Gasteiger partial charge is 0.116 e. The average molecular weight is 518 g/mol. The molecule has 0 aliphatic heterocycles. The predicted octanol–water partition coefficient (Wildman–Crippen LogP) is 2.00. The van der Waals surface area contributed by atoms with E-state index >= 15 is 0 Å². The first kappa shape index (κ1) is 22.5. The first-order valence-electron chi connectivity index (χ1n) is 8.83. The van der Waals surface area contributed by atoms with Crippen LogP contribution in [0.5, 0.6) is 0 Å². The van der Waals surface area contributed by atoms with Crippen LogP contribution in [0.3, 0.4) is 0 Å². The minimum absolute atomic E-state index is 0. The standard InChI is InChI=1S/C24H21NP.ClH.HI/c1-4-10-22(11-5-1)26(23-12-6-2-7-13-23,24-14-8-3-9-15-24)20-21-16-18-25-19-17-21;;/h1-19H,20H2;2*1H/q+1;;/p-1. The number of pyridine rings is 1. The van der Waals surface area contributed by atoms with Crippen LogP contribution in [-0.4, -0.2) is 4.98 Å². The zero-order chi connectivity index (χ0) is 17.7. The summed E-state index contributed by atoms with van der Waals surface area (Å²) in [6, 6.07) is 37.2. The fraction of sp³-hybridized carbons (Fsp3) is 0.0417. The van der Waals surface area contributed by atoms with Crippen molar-refractivity contribution >= 4 is 35.6 Å². The van der Waals surface area contributed by atoms with E-state index in [0.29, 0.717) is 0 Å². The molecule has 1 aromatic heterocycles. The summed E-state index contributed by atoms with van der Waals surface area (Å²) >= 11 is 0. The van der Waals surface area contributed by atoms with Crippen LogP contribution >= 0.6 is 19.7 Å². The molecule has 0 aliphatic carbocycles. The Morgan fingerprint density at radius 3 is 1.25 bits per heavy atom. The minimum Gasteiger partial charge on any atom is -1.00 e. The van der Waals surface area contributed by atoms with Crippen molar-refractivity contribution in [3.63, 3.8) is 0 Å². The summed E-state index contributed by atoms with van der Waals surface area (Å²) in [5.41, 5.74) is 1.32. The summed E-state index contributed by atoms with van der Waals surface area (Å²) in [4.78, 5) is 4.21. The third kappa shape index (κ3) is 4.63. The molecule has 4 rings (SSSR count). The van der Waals surface area contributed by atoms with Gasteiger partial charge in [-0.25, -0.2) is 0 Å². The molecular formula is C24H22ClINP. The Labute approximate surface area is 191 Å². The van der Waals surface area contributed by atoms with Crippen molar-refractivity contribution in [2.45, 2.75) is 6.16 Å². The van der Waals surface area contributed by atoms with Crippen LogP contribution in [0.25, 0.3) is 0 Å². The van der Waals surface area contributed by atoms with E-state index in [4.69, 9.17) is 0 Å². The zero-order valence-electron chi connectivity index (χ0n) is 15.4. The molecule has 0 unspecified atom stereocenters. The Balaban J connectivity index is 0.00000140. The first-order valence-corrected chi connectivity index (χ1v) is 10.8. The quantitative estimate of drug-likeness (QED) is 0.292. The Kier molecular flexibility index (Phi) is 8.62. The molecule has 0 N–H and O–H groups in total. The van der Waals surface area contributed by atoms with Crippen molar-refractivity contribution in [1.29, 1.82) is 0 Å². The van der Waals surface area contributed by atoms with Gasteiger partial charge in [-0.3, -0.25) is 4.98 Å². The Bertz CT molecular complexity index is 854. The molecule has 0 saturated heterocycles. The predicted molar refractivity (Wildman–Crippen MR) is 120 cm³/mol. The highest BCUT2D eigenvalue weighted by Crippen LogP contribution is 2.57. The molecule has 0 amide bonds. The normalized spacial score (nSPS) is 10.4. The van der Waals surface area contributed by atoms with Crippen LogP contribution in [0.2, 0.25) is 0 Å². The number of nitrogens with zero attached hydrogens (tertiary/aromatic N) is 1. The van der Waals surface area contributed by atoms with E-state index in [1.54, 1.807) is 0 Å². The van der Waals surface area contributed by atoms with E-state index in [-0.39, 0.29) is 36.4 Å². The molecular weight excluding hydrogens is 496 g/mol. The van der Waals surface area contributed by atoms with E-state index in [2.05, 4.69) is 108 Å². The van der Waals surface area contributed by atoms with Crippen LogP contribution in [0.15, 0.2) is 116 Å². The van der Waals surface area contributed by atoms with Crippen LogP contribution < -0.4 is 39.9 Å². The fourth-order valence-electron chi connectivity index (χ4n) is 3.53. The molecule has 0 saturated carbocycles. The summed E-state index contributed by atoms with van der Waals surface area (Å²) in [6.45, 7) is 0. The lowest BCUT2D eigenvalue weighted by atomic mass is 10.3. The zero-order valence-corrected chi connectivity index (χ0v) is 19.2. The van der Waals surface area contributed by atoms with Crippen LogP contribution in [0.1, 0.15) is 5.56 Å². The number of hydrogen-bond donors (Lipinski definition) is 0. The number of benzene rings is 3. The van der Waals surface area contributed by atoms with Gasteiger partial charge in [-0.2, -0.15) is 0 Å². The molecule has 28 heavy (non-hydrogen) atoms. The van der Waals surface area contributed by atoms with Gasteiger partial charge >= 0.3 is 0 Å². The molecule has 3 aromatic carbocycles. The van der Waals surface area contributed by atoms with E-state index in [1.807, 2.05) is 12.4 Å². The van der Waals surface area contributed by atoms with Gasteiger partial charge in [0.1, 0.15) is 23.2 Å². The number of rotatable bonds is 5. The third-order valence-electron chi connectivity index (χ3n) is 4.76. The van der Waals surface area contributed by atoms with Gasteiger partial charge in [0.2, 0.25) is 0 Å². The van der Waals surface area contributed by atoms with Gasteiger partial charge in [-0.15, -0.1) is 12.4 Å². The third-order valence-corrected chi connectivity index (χ3v) is 9.14. The van der Waals surface area contributed by atoms with Crippen molar-refractivity contribution in [2.75, 3.05) is 0 Å². The molecule has 4 aromatic rings. The highest BCUT2D eigenvalue weighted by molar-refractivity contribution is 7.95. The van der Waals surface area contributed by atoms with E-state index in [1.165, 1.54) is 21.5 Å². The second-order valence-electron chi connectivity index (χ2n) is 6.33. The molecule has 0 aliphatic rings. The lowest BCUT2D eigenvalue weighted by Gasteiger charge is -2.27. The van der Waals surface area contributed by atoms with Gasteiger partial charge in [0.25, 0.3) is 0 Å². The molecule has 0 radical (unpaired) electrons. The number of hydrogen-bond acceptors (Lipinski definition) is 1. The van der Waals surface area contributed by atoms with Crippen LogP contribution in [0, 0.1) is 0 Å². The van der Waals surface area contributed by atoms with Crippen LogP contribution in [0.4, 0.5) is 0 Å². The minimum atomic E-state index is -1.80. The molecule has 142 valence electrons. The van der Waals surface area contributed by atoms with Gasteiger partial charge in [0.05, 0.1) is 6.16 Å². The Hall–Kier alpha value is -1.74. The molecule has 0 bridgehead atoms. The van der Waals surface area contributed by atoms with Gasteiger partial charge in [-0.05, 0) is 54.1 Å². The summed E-state index contributed by atoms with van der Waals surface area (Å²) in [7, 11) is -1.80. The van der Waals surface area contributed by atoms with Crippen molar-refractivity contribution in [1.82, 2.24) is 4.98 Å². The molecule has 1 nitrogen and oxygen atoms in total. The topological polar surface area (TPSA) is 12.9 Å². The highest BCUT2D eigenvalue weighted by atomic mass is 127. The van der Waals surface area contributed by atoms with E-state index in [9.17, 15) is 0 Å². The van der Waals surface area contributed by atoms with Crippen molar-refractivity contribution < 1.29 is 24.0 Å². The fourth-order valence-corrected chi connectivity index (χ4v) is 7.77. The monoisotopic (exact) mass is 517 g/mol. The second kappa shape index (κ2) is 10.7. The lowest BCUT2D eigenvalue weighted by Crippen LogP contribution is -3.00. The van der Waals surface area contributed by atoms with Crippen LogP contribution in [-0.2, 0) is 6.16 Å². The van der Waals surface area contributed by atoms with Gasteiger partial charge < -0.3 is 24.0 Å². The van der Waals surface area contributed by atoms with Crippen molar-refractivity contribution in [2.24, 2.45) is 0 Å². The van der Waals surface area contributed by atoms with E-state index < -0.39 is 7.26 Å². The maximum Gasteiger partial charge on any atom is 0.116 e.